The summed E-state index contributed by atoms with van der Waals surface area (Å²) in [5.41, 5.74) is 4.24. The summed E-state index contributed by atoms with van der Waals surface area (Å²) in [4.78, 5) is 80.9. The lowest BCUT2D eigenvalue weighted by molar-refractivity contribution is -0.137. The van der Waals surface area contributed by atoms with E-state index in [0.29, 0.717) is 68.2 Å². The van der Waals surface area contributed by atoms with Crippen molar-refractivity contribution in [3.8, 4) is 11.8 Å². The molecule has 5 amide bonds. The van der Waals surface area contributed by atoms with Gasteiger partial charge in [-0.2, -0.15) is 4.98 Å². The molecule has 4 heterocycles. The smallest absolute Gasteiger partial charge is 0.255 e. The molecule has 3 aliphatic heterocycles. The zero-order valence-electron chi connectivity index (χ0n) is 36.0. The molecule has 3 fully saturated rings. The maximum atomic E-state index is 13.3. The second kappa shape index (κ2) is 19.0. The van der Waals surface area contributed by atoms with E-state index >= 15 is 0 Å². The zero-order chi connectivity index (χ0) is 43.3. The van der Waals surface area contributed by atoms with Gasteiger partial charge in [-0.05, 0) is 100 Å². The Morgan fingerprint density at radius 1 is 0.984 bits per heavy atom. The third-order valence-electron chi connectivity index (χ3n) is 13.2. The minimum Gasteiger partial charge on any atom is -0.379 e. The Morgan fingerprint density at radius 2 is 1.76 bits per heavy atom. The molecular weight excluding hydrogens is 787 g/mol. The molecule has 3 aromatic rings. The number of fused-ring (bicyclic) bond motifs is 2. The van der Waals surface area contributed by atoms with Gasteiger partial charge in [0.2, 0.25) is 23.7 Å². The highest BCUT2D eigenvalue weighted by Crippen LogP contribution is 2.40. The first-order chi connectivity index (χ1) is 30.1. The minimum absolute atomic E-state index is 0.0836. The summed E-state index contributed by atoms with van der Waals surface area (Å²) in [6.45, 7) is 4.23. The van der Waals surface area contributed by atoms with Crippen LogP contribution >= 0.6 is 0 Å². The maximum absolute atomic E-state index is 13.3. The number of amides is 5. The number of likely N-dealkylation sites (N-methyl/N-ethyl adjacent to an activating group) is 2. The molecule has 0 radical (unpaired) electrons. The van der Waals surface area contributed by atoms with E-state index in [2.05, 4.69) is 56.5 Å². The number of carbonyl (C=O) groups excluding carboxylic acids is 5. The van der Waals surface area contributed by atoms with Gasteiger partial charge in [0.25, 0.3) is 11.8 Å². The highest BCUT2D eigenvalue weighted by Gasteiger charge is 2.42. The van der Waals surface area contributed by atoms with Gasteiger partial charge in [0, 0.05) is 73.5 Å². The Labute approximate surface area is 363 Å². The fourth-order valence-electron chi connectivity index (χ4n) is 9.68. The topological polar surface area (TPSA) is 169 Å². The molecule has 2 aliphatic carbocycles. The van der Waals surface area contributed by atoms with Crippen molar-refractivity contribution in [1.29, 1.82) is 0 Å². The summed E-state index contributed by atoms with van der Waals surface area (Å²) in [6.07, 6.45) is 11.8. The lowest BCUT2D eigenvalue weighted by atomic mass is 9.90. The molecule has 5 aliphatic rings. The average Bonchev–Trinajstić information content (AvgIpc) is 3.93. The van der Waals surface area contributed by atoms with Crippen molar-refractivity contribution in [3.05, 3.63) is 70.9 Å². The van der Waals surface area contributed by atoms with E-state index in [4.69, 9.17) is 9.72 Å². The maximum Gasteiger partial charge on any atom is 0.255 e. The van der Waals surface area contributed by atoms with E-state index in [0.717, 1.165) is 86.2 Å². The van der Waals surface area contributed by atoms with E-state index in [1.807, 2.05) is 36.4 Å². The number of imide groups is 1. The number of nitrogens with one attached hydrogen (secondary N) is 3. The predicted molar refractivity (Wildman–Crippen MR) is 235 cm³/mol. The summed E-state index contributed by atoms with van der Waals surface area (Å²) in [5.74, 6) is 6.69. The van der Waals surface area contributed by atoms with Crippen molar-refractivity contribution in [3.63, 3.8) is 0 Å². The predicted octanol–water partition coefficient (Wildman–Crippen LogP) is 4.92. The Bertz CT molecular complexity index is 2240. The molecule has 2 aromatic carbocycles. The van der Waals surface area contributed by atoms with Gasteiger partial charge >= 0.3 is 0 Å². The van der Waals surface area contributed by atoms with Gasteiger partial charge in [-0.3, -0.25) is 29.3 Å². The molecule has 15 nitrogen and oxygen atoms in total. The number of ether oxygens (including phenoxy) is 1. The number of hydrogen-bond donors (Lipinski definition) is 3. The number of aromatic nitrogens is 2. The number of carbonyl (C=O) groups is 5. The Morgan fingerprint density at radius 3 is 2.50 bits per heavy atom. The van der Waals surface area contributed by atoms with Gasteiger partial charge in [0.1, 0.15) is 17.8 Å². The Hall–Kier alpha value is -5.85. The van der Waals surface area contributed by atoms with E-state index < -0.39 is 11.9 Å². The zero-order valence-corrected chi connectivity index (χ0v) is 36.0. The molecule has 1 saturated heterocycles. The van der Waals surface area contributed by atoms with Crippen molar-refractivity contribution in [1.82, 2.24) is 30.4 Å². The number of rotatable bonds is 13. The largest absolute Gasteiger partial charge is 0.379 e. The van der Waals surface area contributed by atoms with Crippen LogP contribution in [0.15, 0.2) is 48.7 Å². The van der Waals surface area contributed by atoms with Crippen molar-refractivity contribution in [2.45, 2.75) is 121 Å². The molecule has 1 unspecified atom stereocenters. The van der Waals surface area contributed by atoms with Crippen LogP contribution in [0, 0.1) is 11.8 Å². The molecule has 0 bridgehead atoms. The first kappa shape index (κ1) is 42.8. The van der Waals surface area contributed by atoms with Crippen molar-refractivity contribution in [2.24, 2.45) is 0 Å². The summed E-state index contributed by atoms with van der Waals surface area (Å²) >= 11 is 0. The second-order valence-corrected chi connectivity index (χ2v) is 17.1. The SMILES string of the molecule is CC[C@@H]1C(=O)N(C)c2cnc(Nc3ccc(C(=O)N[C@H]4CC[C@@H](N(C)CCOCCC#Cc5cccc6c5CN(C5CCC(=O)NC5=O)C6=O)CC4)cc3)nc2N1C1CCCC1. The third kappa shape index (κ3) is 9.17. The van der Waals surface area contributed by atoms with E-state index in [1.54, 1.807) is 29.1 Å². The quantitative estimate of drug-likeness (QED) is 0.121. The van der Waals surface area contributed by atoms with Crippen LogP contribution < -0.4 is 25.8 Å². The summed E-state index contributed by atoms with van der Waals surface area (Å²) in [5, 5.41) is 8.90. The molecule has 1 aromatic heterocycles. The number of nitrogens with zero attached hydrogens (tertiary/aromatic N) is 6. The van der Waals surface area contributed by atoms with Gasteiger partial charge in [-0.25, -0.2) is 4.98 Å². The first-order valence-corrected chi connectivity index (χ1v) is 22.2. The van der Waals surface area contributed by atoms with E-state index in [9.17, 15) is 24.0 Å². The number of benzene rings is 2. The van der Waals surface area contributed by atoms with Gasteiger partial charge in [-0.15, -0.1) is 0 Å². The van der Waals surface area contributed by atoms with Crippen LogP contribution in [0.2, 0.25) is 0 Å². The molecule has 3 N–H and O–H groups in total. The Kier molecular flexibility index (Phi) is 13.2. The highest BCUT2D eigenvalue weighted by molar-refractivity contribution is 6.06. The molecule has 2 saturated carbocycles. The van der Waals surface area contributed by atoms with Crippen molar-refractivity contribution in [2.75, 3.05) is 49.0 Å². The summed E-state index contributed by atoms with van der Waals surface area (Å²) < 4.78 is 5.92. The van der Waals surface area contributed by atoms with Crippen LogP contribution in [-0.4, -0.2) is 113 Å². The molecule has 2 atom stereocenters. The van der Waals surface area contributed by atoms with E-state index in [1.165, 1.54) is 0 Å². The molecule has 326 valence electrons. The fraction of sp³-hybridized carbons (Fsp3) is 0.511. The van der Waals surface area contributed by atoms with Crippen LogP contribution in [0.3, 0.4) is 0 Å². The van der Waals surface area contributed by atoms with Gasteiger partial charge in [-0.1, -0.05) is 37.7 Å². The number of piperidine rings is 1. The minimum atomic E-state index is -0.653. The Balaban J connectivity index is 0.747. The standard InChI is InChI=1S/C47H57N9O6/c1-4-38-46(61)54(3)40-28-48-47(52-42(40)56(38)35-12-5-6-13-35)50-33-17-15-31(16-18-33)43(58)49-32-19-21-34(22-20-32)53(2)25-27-62-26-8-7-10-30-11-9-14-36-37(30)29-55(45(36)60)39-23-24-41(57)51-44(39)59/h9,11,14-18,28,32,34-35,38-39H,4-6,8,12-13,19-27,29H2,1-3H3,(H,49,58)(H,48,50,52)(H,51,57,59)/t32-,34+,38-,39?/m1/s1. The summed E-state index contributed by atoms with van der Waals surface area (Å²) in [7, 11) is 3.92. The number of anilines is 4. The van der Waals surface area contributed by atoms with Crippen LogP contribution in [0.25, 0.3) is 0 Å². The van der Waals surface area contributed by atoms with Crippen LogP contribution in [-0.2, 0) is 25.7 Å². The van der Waals surface area contributed by atoms with Crippen LogP contribution in [0.5, 0.6) is 0 Å². The second-order valence-electron chi connectivity index (χ2n) is 17.1. The highest BCUT2D eigenvalue weighted by atomic mass is 16.5. The lowest BCUT2D eigenvalue weighted by Gasteiger charge is -2.43. The number of hydrogen-bond acceptors (Lipinski definition) is 11. The van der Waals surface area contributed by atoms with Gasteiger partial charge in [0.05, 0.1) is 19.4 Å². The lowest BCUT2D eigenvalue weighted by Crippen LogP contribution is -2.55. The van der Waals surface area contributed by atoms with Crippen molar-refractivity contribution < 1.29 is 28.7 Å². The van der Waals surface area contributed by atoms with Gasteiger partial charge < -0.3 is 35.0 Å². The fourth-order valence-corrected chi connectivity index (χ4v) is 9.68. The monoisotopic (exact) mass is 843 g/mol. The molecule has 15 heteroatoms. The van der Waals surface area contributed by atoms with Crippen molar-refractivity contribution >= 4 is 52.7 Å². The normalized spacial score (nSPS) is 22.6. The molecular formula is C47H57N9O6. The van der Waals surface area contributed by atoms with Crippen LogP contribution in [0.1, 0.15) is 116 Å². The average molecular weight is 844 g/mol. The molecule has 8 rings (SSSR count). The first-order valence-electron chi connectivity index (χ1n) is 22.2. The van der Waals surface area contributed by atoms with Crippen LogP contribution in [0.4, 0.5) is 23.1 Å². The van der Waals surface area contributed by atoms with E-state index in [-0.39, 0.29) is 42.1 Å². The molecule has 0 spiro atoms. The molecule has 62 heavy (non-hydrogen) atoms. The third-order valence-corrected chi connectivity index (χ3v) is 13.2. The summed E-state index contributed by atoms with van der Waals surface area (Å²) in [6, 6.07) is 12.8. The van der Waals surface area contributed by atoms with Gasteiger partial charge in [0.15, 0.2) is 5.82 Å².